The largest absolute Gasteiger partial charge is 0.512 e. The fourth-order valence-corrected chi connectivity index (χ4v) is 1.17. The van der Waals surface area contributed by atoms with Gasteiger partial charge in [0.1, 0.15) is 0 Å². The lowest BCUT2D eigenvalue weighted by Gasteiger charge is -2.29. The molecule has 0 spiro atoms. The normalized spacial score (nSPS) is 31.5. The second-order valence-corrected chi connectivity index (χ2v) is 3.64. The molecule has 0 saturated carbocycles. The van der Waals surface area contributed by atoms with Gasteiger partial charge in [-0.1, -0.05) is 13.8 Å². The van der Waals surface area contributed by atoms with Gasteiger partial charge in [0, 0.05) is 11.5 Å². The molecule has 0 aromatic heterocycles. The van der Waals surface area contributed by atoms with Crippen molar-refractivity contribution in [3.63, 3.8) is 0 Å². The van der Waals surface area contributed by atoms with Crippen LogP contribution in [-0.4, -0.2) is 11.1 Å². The number of nitrogens with two attached hydrogens (primary N) is 1. The molecule has 0 fully saturated rings. The van der Waals surface area contributed by atoms with Crippen LogP contribution in [0.25, 0.3) is 0 Å². The van der Waals surface area contributed by atoms with E-state index in [0.717, 1.165) is 12.8 Å². The molecule has 1 rings (SSSR count). The number of allylic oxidation sites excluding steroid dienone is 1. The van der Waals surface area contributed by atoms with Crippen LogP contribution >= 0.6 is 0 Å². The zero-order chi connectivity index (χ0) is 7.78. The Morgan fingerprint density at radius 1 is 1.70 bits per heavy atom. The van der Waals surface area contributed by atoms with Crippen LogP contribution in [0, 0.1) is 5.41 Å². The molecular formula is C8H15NO. The third-order valence-electron chi connectivity index (χ3n) is 2.17. The Morgan fingerprint density at radius 3 is 2.70 bits per heavy atom. The van der Waals surface area contributed by atoms with Crippen LogP contribution < -0.4 is 5.73 Å². The first kappa shape index (κ1) is 7.61. The maximum absolute atomic E-state index is 9.39. The average Bonchev–Trinajstić information content (AvgIpc) is 1.81. The number of hydrogen-bond donors (Lipinski definition) is 2. The van der Waals surface area contributed by atoms with Crippen molar-refractivity contribution in [3.05, 3.63) is 11.8 Å². The van der Waals surface area contributed by atoms with Crippen molar-refractivity contribution < 1.29 is 5.11 Å². The second kappa shape index (κ2) is 2.27. The molecule has 0 aromatic carbocycles. The summed E-state index contributed by atoms with van der Waals surface area (Å²) in [5.74, 6) is 0.450. The van der Waals surface area contributed by atoms with E-state index in [9.17, 15) is 5.11 Å². The van der Waals surface area contributed by atoms with E-state index < -0.39 is 0 Å². The summed E-state index contributed by atoms with van der Waals surface area (Å²) in [7, 11) is 0. The molecule has 0 unspecified atom stereocenters. The maximum atomic E-state index is 9.39. The minimum Gasteiger partial charge on any atom is -0.512 e. The quantitative estimate of drug-likeness (QED) is 0.538. The molecule has 0 heterocycles. The van der Waals surface area contributed by atoms with E-state index in [1.807, 2.05) is 13.8 Å². The Labute approximate surface area is 61.7 Å². The lowest BCUT2D eigenvalue weighted by molar-refractivity contribution is 0.219. The molecule has 0 aromatic rings. The average molecular weight is 141 g/mol. The topological polar surface area (TPSA) is 46.2 Å². The smallest absolute Gasteiger partial charge is 0.0954 e. The predicted octanol–water partition coefficient (Wildman–Crippen LogP) is 1.58. The molecule has 0 bridgehead atoms. The van der Waals surface area contributed by atoms with Crippen molar-refractivity contribution in [1.82, 2.24) is 0 Å². The van der Waals surface area contributed by atoms with Gasteiger partial charge < -0.3 is 10.8 Å². The van der Waals surface area contributed by atoms with Crippen LogP contribution in [0.1, 0.15) is 26.7 Å². The van der Waals surface area contributed by atoms with Gasteiger partial charge in [0.15, 0.2) is 0 Å². The van der Waals surface area contributed by atoms with Crippen molar-refractivity contribution in [1.29, 1.82) is 0 Å². The monoisotopic (exact) mass is 141 g/mol. The molecule has 1 aliphatic rings. The number of aliphatic hydroxyl groups is 1. The van der Waals surface area contributed by atoms with Gasteiger partial charge >= 0.3 is 0 Å². The third-order valence-corrected chi connectivity index (χ3v) is 2.17. The highest BCUT2D eigenvalue weighted by Crippen LogP contribution is 2.34. The van der Waals surface area contributed by atoms with Gasteiger partial charge in [-0.3, -0.25) is 0 Å². The van der Waals surface area contributed by atoms with Crippen LogP contribution in [0.4, 0.5) is 0 Å². The first-order valence-electron chi connectivity index (χ1n) is 3.69. The van der Waals surface area contributed by atoms with Crippen LogP contribution in [0.15, 0.2) is 11.8 Å². The molecule has 2 nitrogen and oxygen atoms in total. The van der Waals surface area contributed by atoms with Crippen LogP contribution in [-0.2, 0) is 0 Å². The van der Waals surface area contributed by atoms with E-state index in [4.69, 9.17) is 5.73 Å². The van der Waals surface area contributed by atoms with Crippen molar-refractivity contribution in [2.75, 3.05) is 0 Å². The molecule has 1 atom stereocenters. The Morgan fingerprint density at radius 2 is 2.30 bits per heavy atom. The molecule has 58 valence electrons. The minimum atomic E-state index is -0.0458. The predicted molar refractivity (Wildman–Crippen MR) is 41.7 cm³/mol. The zero-order valence-corrected chi connectivity index (χ0v) is 6.59. The van der Waals surface area contributed by atoms with Crippen molar-refractivity contribution in [2.24, 2.45) is 11.1 Å². The van der Waals surface area contributed by atoms with Crippen molar-refractivity contribution in [2.45, 2.75) is 32.7 Å². The Bertz CT molecular complexity index is 161. The SMILES string of the molecule is CC1(C)CC[C@@H](N)C=C1O. The van der Waals surface area contributed by atoms with Crippen LogP contribution in [0.5, 0.6) is 0 Å². The lowest BCUT2D eigenvalue weighted by atomic mass is 9.79. The van der Waals surface area contributed by atoms with Gasteiger partial charge in [-0.2, -0.15) is 0 Å². The van der Waals surface area contributed by atoms with Crippen molar-refractivity contribution >= 4 is 0 Å². The van der Waals surface area contributed by atoms with Gasteiger partial charge in [0.2, 0.25) is 0 Å². The molecule has 1 aliphatic carbocycles. The first-order chi connectivity index (χ1) is 4.52. The Hall–Kier alpha value is -0.500. The summed E-state index contributed by atoms with van der Waals surface area (Å²) >= 11 is 0. The maximum Gasteiger partial charge on any atom is 0.0954 e. The number of rotatable bonds is 0. The number of hydrogen-bond acceptors (Lipinski definition) is 2. The lowest BCUT2D eigenvalue weighted by Crippen LogP contribution is -2.29. The Kier molecular flexibility index (Phi) is 1.73. The second-order valence-electron chi connectivity index (χ2n) is 3.64. The van der Waals surface area contributed by atoms with Crippen LogP contribution in [0.2, 0.25) is 0 Å². The molecular weight excluding hydrogens is 126 g/mol. The van der Waals surface area contributed by atoms with E-state index in [1.54, 1.807) is 6.08 Å². The fourth-order valence-electron chi connectivity index (χ4n) is 1.17. The van der Waals surface area contributed by atoms with Gasteiger partial charge in [-0.05, 0) is 18.9 Å². The van der Waals surface area contributed by atoms with E-state index in [1.165, 1.54) is 0 Å². The summed E-state index contributed by atoms with van der Waals surface area (Å²) < 4.78 is 0. The van der Waals surface area contributed by atoms with E-state index in [0.29, 0.717) is 5.76 Å². The van der Waals surface area contributed by atoms with Gasteiger partial charge in [-0.15, -0.1) is 0 Å². The summed E-state index contributed by atoms with van der Waals surface area (Å²) in [6.45, 7) is 4.06. The molecule has 0 aliphatic heterocycles. The highest BCUT2D eigenvalue weighted by atomic mass is 16.3. The van der Waals surface area contributed by atoms with E-state index in [2.05, 4.69) is 0 Å². The minimum absolute atomic E-state index is 0.0458. The summed E-state index contributed by atoms with van der Waals surface area (Å²) in [4.78, 5) is 0. The highest BCUT2D eigenvalue weighted by molar-refractivity contribution is 5.11. The van der Waals surface area contributed by atoms with Crippen molar-refractivity contribution in [3.8, 4) is 0 Å². The molecule has 2 heteroatoms. The summed E-state index contributed by atoms with van der Waals surface area (Å²) in [5.41, 5.74) is 5.56. The molecule has 10 heavy (non-hydrogen) atoms. The molecule has 0 saturated heterocycles. The highest BCUT2D eigenvalue weighted by Gasteiger charge is 2.27. The third kappa shape index (κ3) is 1.32. The van der Waals surface area contributed by atoms with E-state index in [-0.39, 0.29) is 11.5 Å². The first-order valence-corrected chi connectivity index (χ1v) is 3.69. The molecule has 0 radical (unpaired) electrons. The van der Waals surface area contributed by atoms with Crippen LogP contribution in [0.3, 0.4) is 0 Å². The zero-order valence-electron chi connectivity index (χ0n) is 6.59. The Balaban J connectivity index is 2.78. The summed E-state index contributed by atoms with van der Waals surface area (Å²) in [6.07, 6.45) is 3.72. The number of aliphatic hydroxyl groups excluding tert-OH is 1. The van der Waals surface area contributed by atoms with Gasteiger partial charge in [0.05, 0.1) is 5.76 Å². The fraction of sp³-hybridized carbons (Fsp3) is 0.750. The summed E-state index contributed by atoms with van der Waals surface area (Å²) in [5, 5.41) is 9.39. The summed E-state index contributed by atoms with van der Waals surface area (Å²) in [6, 6.07) is 0.0630. The van der Waals surface area contributed by atoms with E-state index >= 15 is 0 Å². The molecule has 3 N–H and O–H groups in total. The standard InChI is InChI=1S/C8H15NO/c1-8(2)4-3-6(9)5-7(8)10/h5-6,10H,3-4,9H2,1-2H3/t6-/m1/s1. The van der Waals surface area contributed by atoms with Gasteiger partial charge in [0.25, 0.3) is 0 Å². The van der Waals surface area contributed by atoms with Gasteiger partial charge in [-0.25, -0.2) is 0 Å². The molecule has 0 amide bonds.